The van der Waals surface area contributed by atoms with Gasteiger partial charge >= 0.3 is 0 Å². The van der Waals surface area contributed by atoms with Gasteiger partial charge in [0.1, 0.15) is 12.1 Å². The zero-order valence-electron chi connectivity index (χ0n) is 8.69. The molecule has 4 heteroatoms. The highest BCUT2D eigenvalue weighted by atomic mass is 16.3. The van der Waals surface area contributed by atoms with Gasteiger partial charge < -0.3 is 9.32 Å². The molecule has 0 saturated carbocycles. The Balaban J connectivity index is 2.42. The summed E-state index contributed by atoms with van der Waals surface area (Å²) in [4.78, 5) is 6.07. The van der Waals surface area contributed by atoms with Gasteiger partial charge in [-0.1, -0.05) is 0 Å². The molecule has 0 saturated heterocycles. The number of nitrogens with zero attached hydrogens (tertiary/aromatic N) is 3. The van der Waals surface area contributed by atoms with E-state index in [9.17, 15) is 0 Å². The zero-order chi connectivity index (χ0) is 10.8. The van der Waals surface area contributed by atoms with Crippen LogP contribution in [0.15, 0.2) is 22.6 Å². The van der Waals surface area contributed by atoms with E-state index in [0.717, 1.165) is 16.8 Å². The molecule has 4 nitrogen and oxygen atoms in total. The molecule has 0 aliphatic heterocycles. The normalized spacial score (nSPS) is 10.2. The molecule has 1 heterocycles. The average Bonchev–Trinajstić information content (AvgIpc) is 2.57. The van der Waals surface area contributed by atoms with Crippen molar-refractivity contribution in [1.29, 1.82) is 5.26 Å². The Bertz CT molecular complexity index is 524. The van der Waals surface area contributed by atoms with Crippen molar-refractivity contribution in [1.82, 2.24) is 4.98 Å². The van der Waals surface area contributed by atoms with Crippen LogP contribution in [0.25, 0.3) is 11.1 Å². The van der Waals surface area contributed by atoms with Gasteiger partial charge in [-0.15, -0.1) is 0 Å². The molecule has 0 aliphatic rings. The van der Waals surface area contributed by atoms with Crippen LogP contribution in [0, 0.1) is 18.3 Å². The van der Waals surface area contributed by atoms with Gasteiger partial charge in [0.25, 0.3) is 0 Å². The second kappa shape index (κ2) is 3.62. The molecular formula is C11H11N3O. The summed E-state index contributed by atoms with van der Waals surface area (Å²) in [5, 5.41) is 8.59. The van der Waals surface area contributed by atoms with Crippen molar-refractivity contribution in [3.8, 4) is 6.07 Å². The first-order chi connectivity index (χ1) is 7.20. The SMILES string of the molecule is Cc1nc2ccc(N(C)CC#N)cc2o1. The summed E-state index contributed by atoms with van der Waals surface area (Å²) in [6.45, 7) is 2.18. The van der Waals surface area contributed by atoms with Gasteiger partial charge in [-0.2, -0.15) is 5.26 Å². The Hall–Kier alpha value is -2.02. The molecule has 1 aromatic carbocycles. The Kier molecular flexibility index (Phi) is 2.30. The lowest BCUT2D eigenvalue weighted by Gasteiger charge is -2.14. The minimum Gasteiger partial charge on any atom is -0.441 e. The number of fused-ring (bicyclic) bond motifs is 1. The second-order valence-corrected chi connectivity index (χ2v) is 3.40. The molecule has 0 bridgehead atoms. The van der Waals surface area contributed by atoms with E-state index in [2.05, 4.69) is 11.1 Å². The molecular weight excluding hydrogens is 190 g/mol. The Labute approximate surface area is 87.7 Å². The summed E-state index contributed by atoms with van der Waals surface area (Å²) in [5.74, 6) is 0.657. The summed E-state index contributed by atoms with van der Waals surface area (Å²) in [6, 6.07) is 7.82. The zero-order valence-corrected chi connectivity index (χ0v) is 8.69. The van der Waals surface area contributed by atoms with Crippen LogP contribution in [0.4, 0.5) is 5.69 Å². The Morgan fingerprint density at radius 2 is 2.33 bits per heavy atom. The fourth-order valence-electron chi connectivity index (χ4n) is 1.46. The van der Waals surface area contributed by atoms with Crippen molar-refractivity contribution >= 4 is 16.8 Å². The van der Waals surface area contributed by atoms with Crippen LogP contribution in [0.5, 0.6) is 0 Å². The van der Waals surface area contributed by atoms with Crippen molar-refractivity contribution in [3.05, 3.63) is 24.1 Å². The molecule has 0 aliphatic carbocycles. The van der Waals surface area contributed by atoms with Crippen LogP contribution in [0.1, 0.15) is 5.89 Å². The number of hydrogen-bond donors (Lipinski definition) is 0. The quantitative estimate of drug-likeness (QED) is 0.698. The molecule has 15 heavy (non-hydrogen) atoms. The summed E-state index contributed by atoms with van der Waals surface area (Å²) in [5.41, 5.74) is 2.57. The number of nitriles is 1. The van der Waals surface area contributed by atoms with Crippen LogP contribution in [0.3, 0.4) is 0 Å². The molecule has 0 unspecified atom stereocenters. The van der Waals surface area contributed by atoms with Crippen molar-refractivity contribution in [2.75, 3.05) is 18.5 Å². The number of anilines is 1. The standard InChI is InChI=1S/C11H11N3O/c1-8-13-10-4-3-9(7-11(10)15-8)14(2)6-5-12/h3-4,7H,6H2,1-2H3. The van der Waals surface area contributed by atoms with Crippen molar-refractivity contribution in [2.45, 2.75) is 6.92 Å². The molecule has 0 atom stereocenters. The predicted octanol–water partition coefficient (Wildman–Crippen LogP) is 2.10. The van der Waals surface area contributed by atoms with Crippen LogP contribution in [0.2, 0.25) is 0 Å². The lowest BCUT2D eigenvalue weighted by Crippen LogP contribution is -2.16. The first-order valence-corrected chi connectivity index (χ1v) is 4.66. The number of hydrogen-bond acceptors (Lipinski definition) is 4. The lowest BCUT2D eigenvalue weighted by atomic mass is 10.2. The minimum atomic E-state index is 0.360. The molecule has 2 aromatic rings. The molecule has 0 radical (unpaired) electrons. The van der Waals surface area contributed by atoms with Gasteiger partial charge in [-0.25, -0.2) is 4.98 Å². The van der Waals surface area contributed by atoms with Gasteiger partial charge in [-0.05, 0) is 12.1 Å². The summed E-state index contributed by atoms with van der Waals surface area (Å²) in [7, 11) is 1.87. The van der Waals surface area contributed by atoms with Crippen LogP contribution in [-0.4, -0.2) is 18.6 Å². The Morgan fingerprint density at radius 3 is 3.07 bits per heavy atom. The highest BCUT2D eigenvalue weighted by Crippen LogP contribution is 2.21. The van der Waals surface area contributed by atoms with E-state index in [1.165, 1.54) is 0 Å². The predicted molar refractivity (Wildman–Crippen MR) is 57.6 cm³/mol. The molecule has 2 rings (SSSR count). The highest BCUT2D eigenvalue weighted by Gasteiger charge is 2.05. The van der Waals surface area contributed by atoms with E-state index in [1.807, 2.05) is 37.1 Å². The summed E-state index contributed by atoms with van der Waals surface area (Å²) < 4.78 is 5.42. The molecule has 1 aromatic heterocycles. The molecule has 0 amide bonds. The van der Waals surface area contributed by atoms with E-state index in [0.29, 0.717) is 12.4 Å². The number of rotatable bonds is 2. The summed E-state index contributed by atoms with van der Waals surface area (Å²) >= 11 is 0. The number of oxazole rings is 1. The van der Waals surface area contributed by atoms with E-state index in [1.54, 1.807) is 0 Å². The molecule has 0 N–H and O–H groups in total. The van der Waals surface area contributed by atoms with E-state index < -0.39 is 0 Å². The van der Waals surface area contributed by atoms with Crippen LogP contribution in [-0.2, 0) is 0 Å². The van der Waals surface area contributed by atoms with Crippen molar-refractivity contribution in [3.63, 3.8) is 0 Å². The maximum absolute atomic E-state index is 8.59. The fourth-order valence-corrected chi connectivity index (χ4v) is 1.46. The third-order valence-electron chi connectivity index (χ3n) is 2.23. The maximum atomic E-state index is 8.59. The number of aromatic nitrogens is 1. The monoisotopic (exact) mass is 201 g/mol. The van der Waals surface area contributed by atoms with E-state index >= 15 is 0 Å². The maximum Gasteiger partial charge on any atom is 0.192 e. The van der Waals surface area contributed by atoms with E-state index in [4.69, 9.17) is 9.68 Å². The van der Waals surface area contributed by atoms with Gasteiger partial charge in [0.15, 0.2) is 11.5 Å². The van der Waals surface area contributed by atoms with Gasteiger partial charge in [0.2, 0.25) is 0 Å². The smallest absolute Gasteiger partial charge is 0.192 e. The Morgan fingerprint density at radius 1 is 1.53 bits per heavy atom. The fraction of sp³-hybridized carbons (Fsp3) is 0.273. The number of aryl methyl sites for hydroxylation is 1. The lowest BCUT2D eigenvalue weighted by molar-refractivity contribution is 0.561. The third-order valence-corrected chi connectivity index (χ3v) is 2.23. The first-order valence-electron chi connectivity index (χ1n) is 4.66. The molecule has 0 spiro atoms. The molecule has 76 valence electrons. The van der Waals surface area contributed by atoms with Crippen LogP contribution >= 0.6 is 0 Å². The van der Waals surface area contributed by atoms with E-state index in [-0.39, 0.29) is 0 Å². The average molecular weight is 201 g/mol. The minimum absolute atomic E-state index is 0.360. The second-order valence-electron chi connectivity index (χ2n) is 3.40. The van der Waals surface area contributed by atoms with Gasteiger partial charge in [-0.3, -0.25) is 0 Å². The topological polar surface area (TPSA) is 53.1 Å². The highest BCUT2D eigenvalue weighted by molar-refractivity contribution is 5.77. The third kappa shape index (κ3) is 1.77. The van der Waals surface area contributed by atoms with Gasteiger partial charge in [0, 0.05) is 25.7 Å². The van der Waals surface area contributed by atoms with Crippen molar-refractivity contribution in [2.24, 2.45) is 0 Å². The first kappa shape index (κ1) is 9.53. The number of benzene rings is 1. The van der Waals surface area contributed by atoms with Gasteiger partial charge in [0.05, 0.1) is 6.07 Å². The largest absolute Gasteiger partial charge is 0.441 e. The van der Waals surface area contributed by atoms with Crippen LogP contribution < -0.4 is 4.90 Å². The molecule has 0 fully saturated rings. The summed E-state index contributed by atoms with van der Waals surface area (Å²) in [6.07, 6.45) is 0. The van der Waals surface area contributed by atoms with Crippen molar-refractivity contribution < 1.29 is 4.42 Å².